The fourth-order valence-corrected chi connectivity index (χ4v) is 6.27. The van der Waals surface area contributed by atoms with Crippen molar-refractivity contribution in [3.8, 4) is 11.5 Å². The second-order valence-corrected chi connectivity index (χ2v) is 11.9. The summed E-state index contributed by atoms with van der Waals surface area (Å²) in [7, 11) is 0. The number of nitrogens with zero attached hydrogens (tertiary/aromatic N) is 3. The van der Waals surface area contributed by atoms with Crippen LogP contribution in [0.5, 0.6) is 11.5 Å². The first-order valence-corrected chi connectivity index (χ1v) is 14.3. The minimum absolute atomic E-state index is 0.00393. The second kappa shape index (κ2) is 12.6. The fourth-order valence-electron chi connectivity index (χ4n) is 6.27. The van der Waals surface area contributed by atoms with Gasteiger partial charge in [-0.3, -0.25) is 19.3 Å². The molecule has 0 radical (unpaired) electrons. The Kier molecular flexibility index (Phi) is 9.38. The van der Waals surface area contributed by atoms with Crippen LogP contribution in [-0.2, 0) is 14.4 Å². The number of likely N-dealkylation sites (tertiary alicyclic amines) is 2. The van der Waals surface area contributed by atoms with Gasteiger partial charge >= 0.3 is 5.97 Å². The number of aliphatic carboxylic acids is 1. The van der Waals surface area contributed by atoms with Crippen LogP contribution in [0, 0.1) is 11.3 Å². The van der Waals surface area contributed by atoms with Crippen molar-refractivity contribution >= 4 is 17.8 Å². The van der Waals surface area contributed by atoms with E-state index in [9.17, 15) is 19.5 Å². The predicted octanol–water partition coefficient (Wildman–Crippen LogP) is 2.51. The zero-order chi connectivity index (χ0) is 28.2. The highest BCUT2D eigenvalue weighted by atomic mass is 16.7. The van der Waals surface area contributed by atoms with Gasteiger partial charge in [0.05, 0.1) is 12.5 Å². The Bertz CT molecular complexity index is 1040. The molecule has 1 aromatic rings. The molecule has 1 aromatic carbocycles. The van der Waals surface area contributed by atoms with Gasteiger partial charge < -0.3 is 30.1 Å². The molecule has 10 heteroatoms. The largest absolute Gasteiger partial charge is 0.481 e. The molecule has 2 saturated heterocycles. The van der Waals surface area contributed by atoms with Gasteiger partial charge in [0, 0.05) is 51.1 Å². The first-order chi connectivity index (χ1) is 18.6. The average Bonchev–Trinajstić information content (AvgIpc) is 3.56. The summed E-state index contributed by atoms with van der Waals surface area (Å²) in [6.07, 6.45) is 3.60. The molecule has 3 atom stereocenters. The Morgan fingerprint density at radius 1 is 1.18 bits per heavy atom. The van der Waals surface area contributed by atoms with E-state index in [1.807, 2.05) is 32.9 Å². The van der Waals surface area contributed by atoms with Crippen LogP contribution in [0.15, 0.2) is 18.2 Å². The first-order valence-electron chi connectivity index (χ1n) is 14.3. The van der Waals surface area contributed by atoms with Crippen LogP contribution in [0.2, 0.25) is 0 Å². The van der Waals surface area contributed by atoms with Gasteiger partial charge in [-0.25, -0.2) is 0 Å². The molecular weight excluding hydrogens is 500 g/mol. The van der Waals surface area contributed by atoms with Gasteiger partial charge in [0.1, 0.15) is 0 Å². The van der Waals surface area contributed by atoms with E-state index in [1.165, 1.54) is 0 Å². The summed E-state index contributed by atoms with van der Waals surface area (Å²) in [6, 6.07) is 5.20. The summed E-state index contributed by atoms with van der Waals surface area (Å²) in [5, 5.41) is 10.5. The third-order valence-electron chi connectivity index (χ3n) is 8.26. The van der Waals surface area contributed by atoms with Gasteiger partial charge in [-0.2, -0.15) is 0 Å². The number of hydrogen-bond donors (Lipinski definition) is 2. The highest BCUT2D eigenvalue weighted by Gasteiger charge is 2.48. The zero-order valence-electron chi connectivity index (χ0n) is 23.6. The molecular formula is C29H44N4O6. The molecule has 0 aromatic heterocycles. The lowest BCUT2D eigenvalue weighted by Crippen LogP contribution is -2.46. The third-order valence-corrected chi connectivity index (χ3v) is 8.26. The van der Waals surface area contributed by atoms with Gasteiger partial charge in [0.15, 0.2) is 11.5 Å². The van der Waals surface area contributed by atoms with E-state index in [0.29, 0.717) is 63.6 Å². The molecule has 4 rings (SSSR count). The van der Waals surface area contributed by atoms with E-state index in [4.69, 9.17) is 15.2 Å². The van der Waals surface area contributed by atoms with Crippen molar-refractivity contribution in [3.05, 3.63) is 23.8 Å². The number of ether oxygens (including phenoxy) is 2. The molecule has 0 spiro atoms. The van der Waals surface area contributed by atoms with Crippen LogP contribution in [0.1, 0.15) is 64.4 Å². The summed E-state index contributed by atoms with van der Waals surface area (Å²) in [5.74, 6) is -0.584. The van der Waals surface area contributed by atoms with Crippen molar-refractivity contribution in [3.63, 3.8) is 0 Å². The fraction of sp³-hybridized carbons (Fsp3) is 0.690. The summed E-state index contributed by atoms with van der Waals surface area (Å²) in [4.78, 5) is 44.7. The Morgan fingerprint density at radius 2 is 1.92 bits per heavy atom. The van der Waals surface area contributed by atoms with Gasteiger partial charge in [-0.1, -0.05) is 33.3 Å². The van der Waals surface area contributed by atoms with Crippen LogP contribution >= 0.6 is 0 Å². The van der Waals surface area contributed by atoms with Crippen molar-refractivity contribution in [2.75, 3.05) is 52.6 Å². The van der Waals surface area contributed by atoms with Crippen molar-refractivity contribution in [2.24, 2.45) is 17.1 Å². The summed E-state index contributed by atoms with van der Waals surface area (Å²) in [5.41, 5.74) is 6.50. The highest BCUT2D eigenvalue weighted by Crippen LogP contribution is 2.43. The first kappa shape index (κ1) is 29.1. The maximum atomic E-state index is 13.5. The molecule has 10 nitrogen and oxygen atoms in total. The lowest BCUT2D eigenvalue weighted by Gasteiger charge is -2.31. The third kappa shape index (κ3) is 6.84. The topological polar surface area (TPSA) is 126 Å². The van der Waals surface area contributed by atoms with Crippen LogP contribution in [0.3, 0.4) is 0 Å². The molecule has 3 heterocycles. The number of benzene rings is 1. The summed E-state index contributed by atoms with van der Waals surface area (Å²) < 4.78 is 11.0. The minimum atomic E-state index is -0.892. The summed E-state index contributed by atoms with van der Waals surface area (Å²) >= 11 is 0. The Morgan fingerprint density at radius 3 is 2.59 bits per heavy atom. The molecule has 216 valence electrons. The van der Waals surface area contributed by atoms with Crippen molar-refractivity contribution in [1.82, 2.24) is 14.7 Å². The maximum Gasteiger partial charge on any atom is 0.308 e. The Hall–Kier alpha value is -2.85. The number of amides is 2. The van der Waals surface area contributed by atoms with Gasteiger partial charge in [0.2, 0.25) is 18.6 Å². The number of nitrogens with two attached hydrogens (primary N) is 1. The van der Waals surface area contributed by atoms with Gasteiger partial charge in [-0.15, -0.1) is 0 Å². The van der Waals surface area contributed by atoms with Crippen LogP contribution in [0.4, 0.5) is 0 Å². The smallest absolute Gasteiger partial charge is 0.308 e. The molecule has 3 aliphatic rings. The van der Waals surface area contributed by atoms with Gasteiger partial charge in [-0.05, 0) is 48.9 Å². The number of fused-ring (bicyclic) bond motifs is 1. The molecule has 0 saturated carbocycles. The standard InChI is InChI=1S/C29H44N4O6/c1-4-5-11-31(12-6-10-30)26(35)17-33-16-21(20-7-8-23-24(14-20)39-19-38-23)27(28(36)37)22(33)9-13-32-18-29(2,3)15-25(32)34/h7-8,14,21-22,27H,4-6,9-13,15-19,30H2,1-3H3,(H,36,37). The number of carboxylic acid groups (broad SMARTS) is 1. The molecule has 3 N–H and O–H groups in total. The lowest BCUT2D eigenvalue weighted by atomic mass is 9.84. The summed E-state index contributed by atoms with van der Waals surface area (Å²) in [6.45, 7) is 9.87. The number of unbranched alkanes of at least 4 members (excludes halogenated alkanes) is 1. The van der Waals surface area contributed by atoms with Gasteiger partial charge in [0.25, 0.3) is 0 Å². The predicted molar refractivity (Wildman–Crippen MR) is 147 cm³/mol. The monoisotopic (exact) mass is 544 g/mol. The molecule has 0 aliphatic carbocycles. The molecule has 3 unspecified atom stereocenters. The van der Waals surface area contributed by atoms with Crippen LogP contribution in [0.25, 0.3) is 0 Å². The van der Waals surface area contributed by atoms with E-state index in [2.05, 4.69) is 20.8 Å². The number of rotatable bonds is 13. The molecule has 3 aliphatic heterocycles. The Balaban J connectivity index is 1.58. The minimum Gasteiger partial charge on any atom is -0.481 e. The number of carbonyl (C=O) groups is 3. The normalized spacial score (nSPS) is 23.9. The highest BCUT2D eigenvalue weighted by molar-refractivity contribution is 5.80. The van der Waals surface area contributed by atoms with E-state index in [1.54, 1.807) is 0 Å². The maximum absolute atomic E-state index is 13.5. The number of carbonyl (C=O) groups excluding carboxylic acids is 2. The van der Waals surface area contributed by atoms with E-state index in [-0.39, 0.29) is 42.5 Å². The number of hydrogen-bond acceptors (Lipinski definition) is 7. The molecule has 0 bridgehead atoms. The van der Waals surface area contributed by atoms with Crippen molar-refractivity contribution in [1.29, 1.82) is 0 Å². The Labute approximate surface area is 231 Å². The second-order valence-electron chi connectivity index (χ2n) is 11.9. The van der Waals surface area contributed by atoms with E-state index < -0.39 is 11.9 Å². The van der Waals surface area contributed by atoms with Crippen molar-refractivity contribution < 1.29 is 29.0 Å². The molecule has 2 fully saturated rings. The van der Waals surface area contributed by atoms with Crippen molar-refractivity contribution in [2.45, 2.75) is 64.8 Å². The van der Waals surface area contributed by atoms with E-state index in [0.717, 1.165) is 24.8 Å². The average molecular weight is 545 g/mol. The van der Waals surface area contributed by atoms with Crippen LogP contribution in [-0.4, -0.2) is 96.2 Å². The number of carboxylic acids is 1. The lowest BCUT2D eigenvalue weighted by molar-refractivity contribution is -0.144. The molecule has 39 heavy (non-hydrogen) atoms. The molecule has 2 amide bonds. The van der Waals surface area contributed by atoms with Crippen LogP contribution < -0.4 is 15.2 Å². The quantitative estimate of drug-likeness (QED) is 0.388. The SMILES string of the molecule is CCCCN(CCCN)C(=O)CN1CC(c2ccc3c(c2)OCO3)C(C(=O)O)C1CCN1CC(C)(C)CC1=O. The van der Waals surface area contributed by atoms with E-state index >= 15 is 0 Å². The zero-order valence-corrected chi connectivity index (χ0v) is 23.6.